The predicted octanol–water partition coefficient (Wildman–Crippen LogP) is 3.88. The molecule has 1 unspecified atom stereocenters. The molecule has 2 N–H and O–H groups in total. The van der Waals surface area contributed by atoms with Crippen LogP contribution in [0.1, 0.15) is 71.6 Å². The normalized spacial score (nSPS) is 36.5. The summed E-state index contributed by atoms with van der Waals surface area (Å²) in [5.74, 6) is 1.57. The molecular weight excluding hydrogens is 222 g/mol. The first-order valence-electron chi connectivity index (χ1n) is 8.07. The fourth-order valence-corrected chi connectivity index (χ4v) is 4.03. The van der Waals surface area contributed by atoms with Crippen LogP contribution in [0.5, 0.6) is 0 Å². The van der Waals surface area contributed by atoms with Crippen LogP contribution >= 0.6 is 0 Å². The minimum atomic E-state index is 0.00324. The van der Waals surface area contributed by atoms with Gasteiger partial charge in [-0.05, 0) is 57.3 Å². The highest BCUT2D eigenvalue weighted by Crippen LogP contribution is 2.41. The molecule has 18 heavy (non-hydrogen) atoms. The van der Waals surface area contributed by atoms with Gasteiger partial charge in [-0.3, -0.25) is 0 Å². The zero-order chi connectivity index (χ0) is 13.0. The fourth-order valence-electron chi connectivity index (χ4n) is 4.03. The van der Waals surface area contributed by atoms with Crippen molar-refractivity contribution in [2.45, 2.75) is 83.3 Å². The summed E-state index contributed by atoms with van der Waals surface area (Å²) in [5.41, 5.74) is 6.67. The summed E-state index contributed by atoms with van der Waals surface area (Å²) < 4.78 is 6.21. The Morgan fingerprint density at radius 2 is 1.72 bits per heavy atom. The zero-order valence-corrected chi connectivity index (χ0v) is 12.3. The van der Waals surface area contributed by atoms with Crippen molar-refractivity contribution < 1.29 is 4.74 Å². The third-order valence-electron chi connectivity index (χ3n) is 5.32. The van der Waals surface area contributed by atoms with E-state index in [1.54, 1.807) is 0 Å². The molecule has 0 radical (unpaired) electrons. The van der Waals surface area contributed by atoms with E-state index in [9.17, 15) is 0 Å². The molecule has 1 atom stereocenters. The van der Waals surface area contributed by atoms with Crippen LogP contribution in [0.4, 0.5) is 0 Å². The third kappa shape index (κ3) is 3.08. The van der Waals surface area contributed by atoms with E-state index in [2.05, 4.69) is 13.8 Å². The second kappa shape index (κ2) is 6.38. The Labute approximate surface area is 113 Å². The zero-order valence-electron chi connectivity index (χ0n) is 12.3. The molecule has 2 aliphatic rings. The Morgan fingerprint density at radius 1 is 1.11 bits per heavy atom. The van der Waals surface area contributed by atoms with Crippen molar-refractivity contribution in [3.63, 3.8) is 0 Å². The molecule has 0 aromatic heterocycles. The molecule has 0 saturated heterocycles. The predicted molar refractivity (Wildman–Crippen MR) is 76.5 cm³/mol. The van der Waals surface area contributed by atoms with E-state index in [-0.39, 0.29) is 11.6 Å². The number of hydrogen-bond acceptors (Lipinski definition) is 2. The standard InChI is InChI=1S/C16H31NO/c1-3-18-16(11-9-13(2)10-12-16)15(17)14-7-5-4-6-8-14/h13-15H,3-12,17H2,1-2H3. The second-order valence-electron chi connectivity index (χ2n) is 6.60. The molecule has 0 aromatic carbocycles. The molecule has 0 spiro atoms. The molecule has 0 bridgehead atoms. The maximum atomic E-state index is 6.66. The molecule has 106 valence electrons. The van der Waals surface area contributed by atoms with Gasteiger partial charge in [0.25, 0.3) is 0 Å². The van der Waals surface area contributed by atoms with E-state index in [1.807, 2.05) is 0 Å². The molecule has 2 rings (SSSR count). The average Bonchev–Trinajstić information content (AvgIpc) is 2.42. The summed E-state index contributed by atoms with van der Waals surface area (Å²) in [4.78, 5) is 0. The fraction of sp³-hybridized carbons (Fsp3) is 1.00. The van der Waals surface area contributed by atoms with Crippen LogP contribution in [-0.4, -0.2) is 18.2 Å². The van der Waals surface area contributed by atoms with Crippen molar-refractivity contribution in [3.8, 4) is 0 Å². The largest absolute Gasteiger partial charge is 0.374 e. The molecule has 2 fully saturated rings. The van der Waals surface area contributed by atoms with Crippen LogP contribution < -0.4 is 5.73 Å². The van der Waals surface area contributed by atoms with Gasteiger partial charge in [-0.2, -0.15) is 0 Å². The lowest BCUT2D eigenvalue weighted by Crippen LogP contribution is -2.56. The van der Waals surface area contributed by atoms with Gasteiger partial charge in [-0.1, -0.05) is 26.2 Å². The van der Waals surface area contributed by atoms with Gasteiger partial charge in [-0.25, -0.2) is 0 Å². The Kier molecular flexibility index (Phi) is 5.08. The molecule has 0 heterocycles. The van der Waals surface area contributed by atoms with Crippen LogP contribution in [-0.2, 0) is 4.74 Å². The summed E-state index contributed by atoms with van der Waals surface area (Å²) in [6.45, 7) is 5.30. The molecule has 2 saturated carbocycles. The van der Waals surface area contributed by atoms with Crippen molar-refractivity contribution in [1.29, 1.82) is 0 Å². The van der Waals surface area contributed by atoms with E-state index in [1.165, 1.54) is 57.8 Å². The van der Waals surface area contributed by atoms with Gasteiger partial charge in [0.15, 0.2) is 0 Å². The van der Waals surface area contributed by atoms with E-state index < -0.39 is 0 Å². The summed E-state index contributed by atoms with van der Waals surface area (Å²) in [6.07, 6.45) is 11.7. The summed E-state index contributed by atoms with van der Waals surface area (Å²) in [5, 5.41) is 0. The summed E-state index contributed by atoms with van der Waals surface area (Å²) in [7, 11) is 0. The number of nitrogens with two attached hydrogens (primary N) is 1. The van der Waals surface area contributed by atoms with E-state index in [0.717, 1.165) is 12.5 Å². The first-order chi connectivity index (χ1) is 8.68. The second-order valence-corrected chi connectivity index (χ2v) is 6.60. The smallest absolute Gasteiger partial charge is 0.0835 e. The van der Waals surface area contributed by atoms with Crippen LogP contribution in [0, 0.1) is 11.8 Å². The SMILES string of the molecule is CCOC1(C(N)C2CCCCC2)CCC(C)CC1. The van der Waals surface area contributed by atoms with Crippen molar-refractivity contribution in [1.82, 2.24) is 0 Å². The minimum Gasteiger partial charge on any atom is -0.374 e. The first-order valence-corrected chi connectivity index (χ1v) is 8.07. The van der Waals surface area contributed by atoms with Crippen molar-refractivity contribution >= 4 is 0 Å². The molecule has 2 heteroatoms. The maximum Gasteiger partial charge on any atom is 0.0835 e. The highest BCUT2D eigenvalue weighted by molar-refractivity contribution is 4.98. The Morgan fingerprint density at radius 3 is 2.28 bits per heavy atom. The van der Waals surface area contributed by atoms with E-state index >= 15 is 0 Å². The van der Waals surface area contributed by atoms with Crippen LogP contribution in [0.2, 0.25) is 0 Å². The Bertz CT molecular complexity index is 239. The number of rotatable bonds is 4. The third-order valence-corrected chi connectivity index (χ3v) is 5.32. The van der Waals surface area contributed by atoms with Crippen LogP contribution in [0.15, 0.2) is 0 Å². The van der Waals surface area contributed by atoms with E-state index in [4.69, 9.17) is 10.5 Å². The van der Waals surface area contributed by atoms with Gasteiger partial charge in [0.05, 0.1) is 5.60 Å². The monoisotopic (exact) mass is 253 g/mol. The summed E-state index contributed by atoms with van der Waals surface area (Å²) in [6, 6.07) is 0.269. The highest BCUT2D eigenvalue weighted by Gasteiger charge is 2.43. The Balaban J connectivity index is 2.03. The number of hydrogen-bond donors (Lipinski definition) is 1. The lowest BCUT2D eigenvalue weighted by atomic mass is 9.69. The molecule has 2 aliphatic carbocycles. The van der Waals surface area contributed by atoms with Gasteiger partial charge in [0.2, 0.25) is 0 Å². The van der Waals surface area contributed by atoms with Gasteiger partial charge in [0.1, 0.15) is 0 Å². The molecule has 0 amide bonds. The van der Waals surface area contributed by atoms with Gasteiger partial charge < -0.3 is 10.5 Å². The minimum absolute atomic E-state index is 0.00324. The van der Waals surface area contributed by atoms with Gasteiger partial charge >= 0.3 is 0 Å². The molecular formula is C16H31NO. The van der Waals surface area contributed by atoms with Gasteiger partial charge in [0, 0.05) is 12.6 Å². The Hall–Kier alpha value is -0.0800. The van der Waals surface area contributed by atoms with Crippen molar-refractivity contribution in [3.05, 3.63) is 0 Å². The van der Waals surface area contributed by atoms with Crippen molar-refractivity contribution in [2.24, 2.45) is 17.6 Å². The van der Waals surface area contributed by atoms with E-state index in [0.29, 0.717) is 5.92 Å². The molecule has 0 aliphatic heterocycles. The topological polar surface area (TPSA) is 35.2 Å². The average molecular weight is 253 g/mol. The van der Waals surface area contributed by atoms with Crippen LogP contribution in [0.3, 0.4) is 0 Å². The van der Waals surface area contributed by atoms with Crippen LogP contribution in [0.25, 0.3) is 0 Å². The number of ether oxygens (including phenoxy) is 1. The summed E-state index contributed by atoms with van der Waals surface area (Å²) >= 11 is 0. The highest BCUT2D eigenvalue weighted by atomic mass is 16.5. The lowest BCUT2D eigenvalue weighted by molar-refractivity contribution is -0.102. The van der Waals surface area contributed by atoms with Gasteiger partial charge in [-0.15, -0.1) is 0 Å². The van der Waals surface area contributed by atoms with Crippen molar-refractivity contribution in [2.75, 3.05) is 6.61 Å². The molecule has 2 nitrogen and oxygen atoms in total. The quantitative estimate of drug-likeness (QED) is 0.825. The maximum absolute atomic E-state index is 6.66. The first kappa shape index (κ1) is 14.3. The lowest BCUT2D eigenvalue weighted by Gasteiger charge is -2.46. The molecule has 0 aromatic rings.